The molecule has 0 unspecified atom stereocenters. The predicted octanol–water partition coefficient (Wildman–Crippen LogP) is 7.84. The molecule has 7 nitrogen and oxygen atoms in total. The van der Waals surface area contributed by atoms with Crippen molar-refractivity contribution < 1.29 is 28.6 Å². The first kappa shape index (κ1) is 30.0. The van der Waals surface area contributed by atoms with Crippen LogP contribution in [-0.2, 0) is 15.9 Å². The molecule has 0 atom stereocenters. The molecule has 0 aliphatic heterocycles. The van der Waals surface area contributed by atoms with E-state index in [9.17, 15) is 14.4 Å². The smallest absolute Gasteiger partial charge is 0.348 e. The third kappa shape index (κ3) is 6.96. The first-order valence-corrected chi connectivity index (χ1v) is 15.5. The van der Waals surface area contributed by atoms with Crippen molar-refractivity contribution in [3.05, 3.63) is 116 Å². The number of hydrogen-bond donors (Lipinski definition) is 1. The number of hydrogen-bond acceptors (Lipinski definition) is 8. The van der Waals surface area contributed by atoms with Crippen molar-refractivity contribution in [2.45, 2.75) is 27.2 Å². The summed E-state index contributed by atoms with van der Waals surface area (Å²) < 4.78 is 17.3. The van der Waals surface area contributed by atoms with Crippen molar-refractivity contribution in [3.63, 3.8) is 0 Å². The summed E-state index contributed by atoms with van der Waals surface area (Å²) in [5, 5.41) is 4.17. The lowest BCUT2D eigenvalue weighted by Crippen LogP contribution is -2.15. The molecule has 43 heavy (non-hydrogen) atoms. The van der Waals surface area contributed by atoms with Crippen LogP contribution >= 0.6 is 22.7 Å². The fourth-order valence-electron chi connectivity index (χ4n) is 4.65. The van der Waals surface area contributed by atoms with Crippen LogP contribution in [-0.4, -0.2) is 37.7 Å². The van der Waals surface area contributed by atoms with E-state index in [1.807, 2.05) is 61.5 Å². The van der Waals surface area contributed by atoms with Crippen LogP contribution < -0.4 is 10.1 Å². The summed E-state index contributed by atoms with van der Waals surface area (Å²) in [6.45, 7) is 5.73. The zero-order chi connectivity index (χ0) is 30.3. The van der Waals surface area contributed by atoms with Crippen LogP contribution in [0.15, 0.2) is 78.9 Å². The highest BCUT2D eigenvalue weighted by molar-refractivity contribution is 7.21. The molecule has 2 aromatic heterocycles. The highest BCUT2D eigenvalue weighted by Gasteiger charge is 2.29. The zero-order valence-electron chi connectivity index (χ0n) is 24.1. The number of benzene rings is 3. The van der Waals surface area contributed by atoms with E-state index in [1.54, 1.807) is 13.8 Å². The summed E-state index contributed by atoms with van der Waals surface area (Å²) in [5.41, 5.74) is 3.70. The van der Waals surface area contributed by atoms with E-state index in [2.05, 4.69) is 29.6 Å². The molecule has 5 rings (SSSR count). The molecule has 1 amide bonds. The molecule has 0 saturated heterocycles. The second kappa shape index (κ2) is 13.7. The number of esters is 2. The van der Waals surface area contributed by atoms with Gasteiger partial charge in [0.1, 0.15) is 28.8 Å². The van der Waals surface area contributed by atoms with E-state index < -0.39 is 11.9 Å². The van der Waals surface area contributed by atoms with Gasteiger partial charge >= 0.3 is 11.9 Å². The summed E-state index contributed by atoms with van der Waals surface area (Å²) >= 11 is 2.40. The molecule has 3 aromatic carbocycles. The minimum Gasteiger partial charge on any atom is -0.490 e. The fourth-order valence-corrected chi connectivity index (χ4v) is 6.85. The van der Waals surface area contributed by atoms with Crippen LogP contribution in [0, 0.1) is 13.8 Å². The van der Waals surface area contributed by atoms with Crippen molar-refractivity contribution in [1.29, 1.82) is 0 Å². The summed E-state index contributed by atoms with van der Waals surface area (Å²) in [5.74, 6) is -0.906. The summed E-state index contributed by atoms with van der Waals surface area (Å²) in [6.07, 6.45) is 0.573. The summed E-state index contributed by atoms with van der Waals surface area (Å²) in [6, 6.07) is 25.4. The number of fused-ring (bicyclic) bond motifs is 1. The molecule has 0 radical (unpaired) electrons. The van der Waals surface area contributed by atoms with Crippen LogP contribution in [0.3, 0.4) is 0 Å². The normalized spacial score (nSPS) is 10.9. The van der Waals surface area contributed by atoms with Gasteiger partial charge in [0.25, 0.3) is 5.91 Å². The molecule has 2 heterocycles. The van der Waals surface area contributed by atoms with Crippen molar-refractivity contribution in [1.82, 2.24) is 0 Å². The largest absolute Gasteiger partial charge is 0.490 e. The zero-order valence-corrected chi connectivity index (χ0v) is 25.7. The molecule has 5 aromatic rings. The van der Waals surface area contributed by atoms with Gasteiger partial charge in [0.2, 0.25) is 0 Å². The minimum atomic E-state index is -0.616. The number of thiophene rings is 2. The Morgan fingerprint density at radius 2 is 1.49 bits per heavy atom. The second-order valence-electron chi connectivity index (χ2n) is 9.80. The lowest BCUT2D eigenvalue weighted by molar-refractivity contribution is 0.0455. The SMILES string of the molecule is CCOC(=O)c1c(NC(=O)c2sc3ccccc3c2Cc2ccc(C)cc2)sc(C(=O)OCCOc2ccccc2)c1C. The van der Waals surface area contributed by atoms with Crippen molar-refractivity contribution >= 4 is 55.6 Å². The predicted molar refractivity (Wildman–Crippen MR) is 171 cm³/mol. The van der Waals surface area contributed by atoms with Crippen molar-refractivity contribution in [3.8, 4) is 5.75 Å². The molecule has 9 heteroatoms. The first-order valence-electron chi connectivity index (χ1n) is 13.9. The Morgan fingerprint density at radius 3 is 2.23 bits per heavy atom. The second-order valence-corrected chi connectivity index (χ2v) is 11.9. The number of nitrogens with one attached hydrogen (secondary N) is 1. The van der Waals surface area contributed by atoms with Gasteiger partial charge in [-0.1, -0.05) is 66.2 Å². The standard InChI is InChI=1S/C34H31NO6S2/c1-4-39-33(37)28-22(3)29(34(38)41-19-18-40-24-10-6-5-7-11-24)43-32(28)35-31(36)30-26(20-23-16-14-21(2)15-17-23)25-12-8-9-13-27(25)42-30/h5-17H,4,18-20H2,1-3H3,(H,35,36). The van der Waals surface area contributed by atoms with Crippen LogP contribution in [0.4, 0.5) is 5.00 Å². The van der Waals surface area contributed by atoms with Crippen molar-refractivity contribution in [2.75, 3.05) is 25.1 Å². The number of carbonyl (C=O) groups is 3. The van der Waals surface area contributed by atoms with Crippen LogP contribution in [0.25, 0.3) is 10.1 Å². The van der Waals surface area contributed by atoms with Crippen LogP contribution in [0.1, 0.15) is 58.9 Å². The Bertz CT molecular complexity index is 1760. The highest BCUT2D eigenvalue weighted by atomic mass is 32.1. The van der Waals surface area contributed by atoms with E-state index in [4.69, 9.17) is 14.2 Å². The Morgan fingerprint density at radius 1 is 0.767 bits per heavy atom. The number of aryl methyl sites for hydroxylation is 1. The topological polar surface area (TPSA) is 90.9 Å². The monoisotopic (exact) mass is 613 g/mol. The Hall–Kier alpha value is -4.47. The third-order valence-corrected chi connectivity index (χ3v) is 9.17. The molecule has 0 aliphatic carbocycles. The first-order chi connectivity index (χ1) is 20.9. The minimum absolute atomic E-state index is 0.0195. The molecule has 0 saturated carbocycles. The number of anilines is 1. The molecule has 1 N–H and O–H groups in total. The number of rotatable bonds is 11. The lowest BCUT2D eigenvalue weighted by Gasteiger charge is -2.09. The van der Waals surface area contributed by atoms with E-state index in [-0.39, 0.29) is 41.2 Å². The Balaban J connectivity index is 1.40. The Kier molecular flexibility index (Phi) is 9.54. The molecule has 0 aliphatic rings. The average molecular weight is 614 g/mol. The van der Waals surface area contributed by atoms with E-state index in [1.165, 1.54) is 11.3 Å². The van der Waals surface area contributed by atoms with E-state index in [0.29, 0.717) is 22.6 Å². The van der Waals surface area contributed by atoms with Gasteiger partial charge in [-0.15, -0.1) is 22.7 Å². The average Bonchev–Trinajstić information content (AvgIpc) is 3.54. The van der Waals surface area contributed by atoms with Gasteiger partial charge in [-0.05, 0) is 67.5 Å². The van der Waals surface area contributed by atoms with Crippen LogP contribution in [0.5, 0.6) is 5.75 Å². The lowest BCUT2D eigenvalue weighted by atomic mass is 10.0. The van der Waals surface area contributed by atoms with E-state index in [0.717, 1.165) is 38.1 Å². The van der Waals surface area contributed by atoms with Crippen LogP contribution in [0.2, 0.25) is 0 Å². The van der Waals surface area contributed by atoms with Gasteiger partial charge in [-0.2, -0.15) is 0 Å². The number of ether oxygens (including phenoxy) is 3. The highest BCUT2D eigenvalue weighted by Crippen LogP contribution is 2.37. The third-order valence-electron chi connectivity index (χ3n) is 6.77. The molecule has 0 spiro atoms. The maximum atomic E-state index is 13.8. The molecule has 0 fully saturated rings. The number of para-hydroxylation sites is 1. The maximum absolute atomic E-state index is 13.8. The number of amides is 1. The van der Waals surface area contributed by atoms with Gasteiger partial charge in [-0.3, -0.25) is 4.79 Å². The van der Waals surface area contributed by atoms with E-state index >= 15 is 0 Å². The maximum Gasteiger partial charge on any atom is 0.348 e. The molecule has 0 bridgehead atoms. The van der Waals surface area contributed by atoms with Gasteiger partial charge in [-0.25, -0.2) is 9.59 Å². The Labute approximate surface area is 258 Å². The quantitative estimate of drug-likeness (QED) is 0.121. The number of carbonyl (C=O) groups excluding carboxylic acids is 3. The molecular formula is C34H31NO6S2. The summed E-state index contributed by atoms with van der Waals surface area (Å²) in [4.78, 5) is 40.6. The van der Waals surface area contributed by atoms with Gasteiger partial charge in [0.05, 0.1) is 17.0 Å². The molecule has 220 valence electrons. The van der Waals surface area contributed by atoms with Gasteiger partial charge in [0.15, 0.2) is 0 Å². The van der Waals surface area contributed by atoms with Gasteiger partial charge < -0.3 is 19.5 Å². The van der Waals surface area contributed by atoms with Crippen molar-refractivity contribution in [2.24, 2.45) is 0 Å². The summed E-state index contributed by atoms with van der Waals surface area (Å²) in [7, 11) is 0. The fraction of sp³-hybridized carbons (Fsp3) is 0.206. The molecular weight excluding hydrogens is 583 g/mol. The van der Waals surface area contributed by atoms with Gasteiger partial charge in [0, 0.05) is 4.70 Å².